The monoisotopic (exact) mass is 290 g/mol. The van der Waals surface area contributed by atoms with Crippen molar-refractivity contribution >= 4 is 23.4 Å². The molecule has 0 aliphatic rings. The molecule has 1 aromatic rings. The number of amides is 1. The van der Waals surface area contributed by atoms with Crippen LogP contribution in [0.1, 0.15) is 17.3 Å². The highest BCUT2D eigenvalue weighted by atomic mass is 32.2. The molecule has 0 heterocycles. The summed E-state index contributed by atoms with van der Waals surface area (Å²) in [7, 11) is 0. The van der Waals surface area contributed by atoms with Gasteiger partial charge < -0.3 is 16.2 Å². The first-order valence-electron chi connectivity index (χ1n) is 5.51. The molecule has 106 valence electrons. The molecule has 0 saturated heterocycles. The second-order valence-corrected chi connectivity index (χ2v) is 5.30. The first kappa shape index (κ1) is 15.7. The maximum absolute atomic E-state index is 13.6. The van der Waals surface area contributed by atoms with Crippen LogP contribution in [0.2, 0.25) is 0 Å². The smallest absolute Gasteiger partial charge is 0.257 e. The van der Waals surface area contributed by atoms with E-state index in [1.807, 2.05) is 0 Å². The van der Waals surface area contributed by atoms with Crippen LogP contribution in [0.4, 0.5) is 14.5 Å². The van der Waals surface area contributed by atoms with Crippen molar-refractivity contribution in [1.29, 1.82) is 0 Å². The molecule has 1 amide bonds. The van der Waals surface area contributed by atoms with E-state index in [1.54, 1.807) is 6.26 Å². The van der Waals surface area contributed by atoms with Crippen LogP contribution in [-0.4, -0.2) is 35.2 Å². The topological polar surface area (TPSA) is 75.3 Å². The SMILES string of the molecule is CSCC(C)(O)CNC(=O)c1c(F)ccc(N)c1F. The van der Waals surface area contributed by atoms with Crippen molar-refractivity contribution in [2.45, 2.75) is 12.5 Å². The number of hydrogen-bond donors (Lipinski definition) is 3. The molecule has 0 saturated carbocycles. The number of benzene rings is 1. The van der Waals surface area contributed by atoms with E-state index in [1.165, 1.54) is 18.7 Å². The summed E-state index contributed by atoms with van der Waals surface area (Å²) in [6.07, 6.45) is 1.80. The van der Waals surface area contributed by atoms with E-state index < -0.39 is 28.7 Å². The van der Waals surface area contributed by atoms with Crippen molar-refractivity contribution in [3.8, 4) is 0 Å². The molecule has 4 N–H and O–H groups in total. The van der Waals surface area contributed by atoms with Gasteiger partial charge in [0.15, 0.2) is 5.82 Å². The average Bonchev–Trinajstić information content (AvgIpc) is 2.32. The average molecular weight is 290 g/mol. The van der Waals surface area contributed by atoms with E-state index in [0.717, 1.165) is 12.1 Å². The molecule has 0 radical (unpaired) electrons. The van der Waals surface area contributed by atoms with Crippen molar-refractivity contribution in [2.24, 2.45) is 0 Å². The Balaban J connectivity index is 2.83. The summed E-state index contributed by atoms with van der Waals surface area (Å²) in [5, 5.41) is 12.2. The fourth-order valence-electron chi connectivity index (χ4n) is 1.50. The third kappa shape index (κ3) is 4.07. The second kappa shape index (κ2) is 6.21. The number of thioether (sulfide) groups is 1. The molecule has 1 atom stereocenters. The lowest BCUT2D eigenvalue weighted by Gasteiger charge is -2.22. The van der Waals surface area contributed by atoms with Crippen molar-refractivity contribution in [3.63, 3.8) is 0 Å². The Morgan fingerprint density at radius 1 is 1.53 bits per heavy atom. The normalized spacial score (nSPS) is 13.9. The summed E-state index contributed by atoms with van der Waals surface area (Å²) in [4.78, 5) is 11.7. The molecule has 1 rings (SSSR count). The first-order chi connectivity index (χ1) is 8.78. The largest absolute Gasteiger partial charge is 0.396 e. The van der Waals surface area contributed by atoms with E-state index in [4.69, 9.17) is 5.73 Å². The fourth-order valence-corrected chi connectivity index (χ4v) is 2.22. The van der Waals surface area contributed by atoms with E-state index in [9.17, 15) is 18.7 Å². The highest BCUT2D eigenvalue weighted by Crippen LogP contribution is 2.18. The van der Waals surface area contributed by atoms with E-state index in [-0.39, 0.29) is 12.2 Å². The second-order valence-electron chi connectivity index (χ2n) is 4.44. The molecule has 1 aromatic carbocycles. The predicted molar refractivity (Wildman–Crippen MR) is 72.1 cm³/mol. The number of hydrogen-bond acceptors (Lipinski definition) is 4. The van der Waals surface area contributed by atoms with Crippen molar-refractivity contribution < 1.29 is 18.7 Å². The number of aliphatic hydroxyl groups is 1. The summed E-state index contributed by atoms with van der Waals surface area (Å²) < 4.78 is 27.0. The van der Waals surface area contributed by atoms with E-state index in [0.29, 0.717) is 5.75 Å². The Bertz CT molecular complexity index is 481. The summed E-state index contributed by atoms with van der Waals surface area (Å²) in [6, 6.07) is 1.97. The number of nitrogen functional groups attached to an aromatic ring is 1. The van der Waals surface area contributed by atoms with Crippen LogP contribution < -0.4 is 11.1 Å². The Morgan fingerprint density at radius 2 is 2.16 bits per heavy atom. The molecule has 0 spiro atoms. The number of rotatable bonds is 5. The van der Waals surface area contributed by atoms with Crippen LogP contribution in [0, 0.1) is 11.6 Å². The Labute approximate surface area is 114 Å². The van der Waals surface area contributed by atoms with Gasteiger partial charge in [-0.15, -0.1) is 0 Å². The fraction of sp³-hybridized carbons (Fsp3) is 0.417. The molecule has 0 bridgehead atoms. The number of halogens is 2. The summed E-state index contributed by atoms with van der Waals surface area (Å²) in [6.45, 7) is 1.41. The Morgan fingerprint density at radius 3 is 2.74 bits per heavy atom. The molecule has 0 fully saturated rings. The molecule has 7 heteroatoms. The Kier molecular flexibility index (Phi) is 5.13. The molecule has 0 aliphatic heterocycles. The highest BCUT2D eigenvalue weighted by molar-refractivity contribution is 7.98. The van der Waals surface area contributed by atoms with Gasteiger partial charge in [0, 0.05) is 12.3 Å². The number of carbonyl (C=O) groups excluding carboxylic acids is 1. The van der Waals surface area contributed by atoms with Crippen LogP contribution in [0.25, 0.3) is 0 Å². The van der Waals surface area contributed by atoms with Crippen molar-refractivity contribution in [3.05, 3.63) is 29.3 Å². The predicted octanol–water partition coefficient (Wildman–Crippen LogP) is 1.39. The first-order valence-corrected chi connectivity index (χ1v) is 6.91. The molecule has 4 nitrogen and oxygen atoms in total. The molecule has 1 unspecified atom stereocenters. The lowest BCUT2D eigenvalue weighted by Crippen LogP contribution is -2.42. The standard InChI is InChI=1S/C12H16F2N2O2S/c1-12(18,6-19-2)5-16-11(17)9-7(13)3-4-8(15)10(9)14/h3-4,18H,5-6,15H2,1-2H3,(H,16,17). The zero-order valence-corrected chi connectivity index (χ0v) is 11.5. The maximum atomic E-state index is 13.6. The van der Waals surface area contributed by atoms with Gasteiger partial charge in [0.1, 0.15) is 11.4 Å². The van der Waals surface area contributed by atoms with Crippen molar-refractivity contribution in [2.75, 3.05) is 24.3 Å². The highest BCUT2D eigenvalue weighted by Gasteiger charge is 2.24. The van der Waals surface area contributed by atoms with Crippen LogP contribution in [0.3, 0.4) is 0 Å². The molecule has 19 heavy (non-hydrogen) atoms. The van der Waals surface area contributed by atoms with Gasteiger partial charge in [-0.05, 0) is 25.3 Å². The molecule has 0 aliphatic carbocycles. The molecular weight excluding hydrogens is 274 g/mol. The zero-order valence-electron chi connectivity index (χ0n) is 10.7. The molecular formula is C12H16F2N2O2S. The number of anilines is 1. The lowest BCUT2D eigenvalue weighted by atomic mass is 10.1. The quantitative estimate of drug-likeness (QED) is 0.716. The summed E-state index contributed by atoms with van der Waals surface area (Å²) in [5.74, 6) is -2.64. The number of carbonyl (C=O) groups is 1. The van der Waals surface area contributed by atoms with Gasteiger partial charge in [0.05, 0.1) is 11.3 Å². The zero-order chi connectivity index (χ0) is 14.6. The van der Waals surface area contributed by atoms with Crippen LogP contribution >= 0.6 is 11.8 Å². The third-order valence-electron chi connectivity index (χ3n) is 2.43. The van der Waals surface area contributed by atoms with E-state index >= 15 is 0 Å². The van der Waals surface area contributed by atoms with Crippen LogP contribution in [0.5, 0.6) is 0 Å². The van der Waals surface area contributed by atoms with E-state index in [2.05, 4.69) is 5.32 Å². The van der Waals surface area contributed by atoms with Gasteiger partial charge in [0.2, 0.25) is 0 Å². The minimum Gasteiger partial charge on any atom is -0.396 e. The number of nitrogens with two attached hydrogens (primary N) is 1. The van der Waals surface area contributed by atoms with Gasteiger partial charge in [-0.25, -0.2) is 8.78 Å². The third-order valence-corrected chi connectivity index (χ3v) is 3.34. The van der Waals surface area contributed by atoms with Crippen LogP contribution in [0.15, 0.2) is 12.1 Å². The van der Waals surface area contributed by atoms with Crippen LogP contribution in [-0.2, 0) is 0 Å². The minimum absolute atomic E-state index is 0.111. The van der Waals surface area contributed by atoms with Gasteiger partial charge in [-0.3, -0.25) is 4.79 Å². The molecule has 0 aromatic heterocycles. The summed E-state index contributed by atoms with van der Waals surface area (Å²) >= 11 is 1.40. The Hall–Kier alpha value is -1.34. The summed E-state index contributed by atoms with van der Waals surface area (Å²) in [5.41, 5.74) is 3.09. The van der Waals surface area contributed by atoms with Gasteiger partial charge in [-0.1, -0.05) is 0 Å². The van der Waals surface area contributed by atoms with Gasteiger partial charge >= 0.3 is 0 Å². The maximum Gasteiger partial charge on any atom is 0.257 e. The lowest BCUT2D eigenvalue weighted by molar-refractivity contribution is 0.0720. The van der Waals surface area contributed by atoms with Gasteiger partial charge in [-0.2, -0.15) is 11.8 Å². The minimum atomic E-state index is -1.15. The van der Waals surface area contributed by atoms with Crippen molar-refractivity contribution in [1.82, 2.24) is 5.32 Å². The van der Waals surface area contributed by atoms with Gasteiger partial charge in [0.25, 0.3) is 5.91 Å². The number of nitrogens with one attached hydrogen (secondary N) is 1.